The molecule has 0 radical (unpaired) electrons. The summed E-state index contributed by atoms with van der Waals surface area (Å²) in [6, 6.07) is 21.7. The van der Waals surface area contributed by atoms with Gasteiger partial charge in [0.1, 0.15) is 17.4 Å². The van der Waals surface area contributed by atoms with Crippen LogP contribution in [0.3, 0.4) is 0 Å². The Labute approximate surface area is 205 Å². The van der Waals surface area contributed by atoms with Gasteiger partial charge < -0.3 is 4.74 Å². The van der Waals surface area contributed by atoms with Crippen LogP contribution in [-0.2, 0) is 11.2 Å². The molecule has 5 rings (SSSR count). The summed E-state index contributed by atoms with van der Waals surface area (Å²) in [5.74, 6) is 0. The third-order valence-corrected chi connectivity index (χ3v) is 5.87. The van der Waals surface area contributed by atoms with Crippen LogP contribution in [0.15, 0.2) is 77.5 Å². The summed E-state index contributed by atoms with van der Waals surface area (Å²) in [4.78, 5) is 27.1. The van der Waals surface area contributed by atoms with Crippen LogP contribution < -0.4 is 0 Å². The highest BCUT2D eigenvalue weighted by molar-refractivity contribution is 9.10. The third-order valence-electron chi connectivity index (χ3n) is 5.37. The summed E-state index contributed by atoms with van der Waals surface area (Å²) in [7, 11) is 0. The number of fused-ring (bicyclic) bond motifs is 2. The van der Waals surface area contributed by atoms with Crippen LogP contribution in [0.5, 0.6) is 0 Å². The second-order valence-electron chi connectivity index (χ2n) is 9.10. The molecule has 0 spiro atoms. The van der Waals surface area contributed by atoms with Crippen molar-refractivity contribution in [3.8, 4) is 11.4 Å². The molecule has 0 N–H and O–H groups in total. The zero-order valence-corrected chi connectivity index (χ0v) is 20.7. The van der Waals surface area contributed by atoms with E-state index in [0.717, 1.165) is 32.1 Å². The van der Waals surface area contributed by atoms with Gasteiger partial charge in [-0.15, -0.1) is 0 Å². The predicted molar refractivity (Wildman–Crippen MR) is 137 cm³/mol. The summed E-state index contributed by atoms with van der Waals surface area (Å²) < 4.78 is 8.25. The van der Waals surface area contributed by atoms with Gasteiger partial charge in [-0.1, -0.05) is 46.3 Å². The number of carbonyl (C=O) groups excluding carboxylic acids is 1. The van der Waals surface area contributed by atoms with Crippen LogP contribution in [0.1, 0.15) is 32.0 Å². The lowest BCUT2D eigenvalue weighted by molar-refractivity contribution is 0.0547. The van der Waals surface area contributed by atoms with E-state index in [9.17, 15) is 4.79 Å². The van der Waals surface area contributed by atoms with Gasteiger partial charge in [0, 0.05) is 16.3 Å². The minimum atomic E-state index is -0.631. The first-order chi connectivity index (χ1) is 16.3. The Balaban J connectivity index is 1.68. The molecule has 0 saturated heterocycles. The predicted octanol–water partition coefficient (Wildman–Crippen LogP) is 6.78. The Kier molecular flexibility index (Phi) is 5.65. The molecule has 0 aliphatic heterocycles. The summed E-state index contributed by atoms with van der Waals surface area (Å²) in [6.07, 6.45) is 1.76. The number of benzene rings is 2. The third kappa shape index (κ3) is 4.43. The van der Waals surface area contributed by atoms with Gasteiger partial charge in [-0.05, 0) is 62.7 Å². The van der Waals surface area contributed by atoms with E-state index in [1.165, 1.54) is 0 Å². The summed E-state index contributed by atoms with van der Waals surface area (Å²) in [5.41, 5.74) is 4.87. The highest BCUT2D eigenvalue weighted by atomic mass is 79.9. The minimum absolute atomic E-state index is 0.449. The number of hydrogen-bond acceptors (Lipinski definition) is 5. The fourth-order valence-corrected chi connectivity index (χ4v) is 4.31. The smallest absolute Gasteiger partial charge is 0.419 e. The number of hydrogen-bond donors (Lipinski definition) is 0. The largest absolute Gasteiger partial charge is 0.443 e. The SMILES string of the molecule is CC(C)(C)OC(=O)n1c(-c2ccc3ncnc(Cc4ccccc4)c3n2)cc2cc(Br)ccc21. The molecule has 7 heteroatoms. The monoisotopic (exact) mass is 514 g/mol. The Bertz CT molecular complexity index is 1520. The number of pyridine rings is 1. The molecule has 0 fully saturated rings. The molecule has 34 heavy (non-hydrogen) atoms. The van der Waals surface area contributed by atoms with E-state index in [1.807, 2.05) is 75.4 Å². The van der Waals surface area contributed by atoms with Crippen LogP contribution >= 0.6 is 15.9 Å². The molecule has 170 valence electrons. The van der Waals surface area contributed by atoms with Crippen LogP contribution in [0, 0.1) is 0 Å². The average molecular weight is 515 g/mol. The number of carbonyl (C=O) groups is 1. The normalized spacial score (nSPS) is 11.8. The van der Waals surface area contributed by atoms with Crippen LogP contribution in [0.2, 0.25) is 0 Å². The maximum atomic E-state index is 13.3. The zero-order valence-electron chi connectivity index (χ0n) is 19.1. The van der Waals surface area contributed by atoms with Gasteiger partial charge in [-0.3, -0.25) is 0 Å². The van der Waals surface area contributed by atoms with Crippen LogP contribution in [-0.4, -0.2) is 31.2 Å². The molecule has 3 heterocycles. The quantitative estimate of drug-likeness (QED) is 0.265. The summed E-state index contributed by atoms with van der Waals surface area (Å²) in [6.45, 7) is 5.57. The van der Waals surface area contributed by atoms with E-state index < -0.39 is 11.7 Å². The second kappa shape index (κ2) is 8.65. The number of ether oxygens (including phenoxy) is 1. The fraction of sp³-hybridized carbons (Fsp3) is 0.185. The molecule has 0 bridgehead atoms. The van der Waals surface area contributed by atoms with Crippen molar-refractivity contribution in [2.24, 2.45) is 0 Å². The maximum absolute atomic E-state index is 13.3. The van der Waals surface area contributed by atoms with Crippen molar-refractivity contribution in [2.75, 3.05) is 0 Å². The van der Waals surface area contributed by atoms with Gasteiger partial charge in [0.2, 0.25) is 0 Å². The van der Waals surface area contributed by atoms with E-state index in [0.29, 0.717) is 23.3 Å². The van der Waals surface area contributed by atoms with Crippen molar-refractivity contribution in [3.63, 3.8) is 0 Å². The maximum Gasteiger partial charge on any atom is 0.419 e. The molecule has 0 unspecified atom stereocenters. The van der Waals surface area contributed by atoms with Gasteiger partial charge >= 0.3 is 6.09 Å². The topological polar surface area (TPSA) is 69.9 Å². The number of aromatic nitrogens is 4. The highest BCUT2D eigenvalue weighted by Crippen LogP contribution is 2.31. The lowest BCUT2D eigenvalue weighted by Crippen LogP contribution is -2.27. The molecule has 5 aromatic rings. The van der Waals surface area contributed by atoms with Crippen molar-refractivity contribution in [1.29, 1.82) is 0 Å². The fourth-order valence-electron chi connectivity index (χ4n) is 3.93. The van der Waals surface area contributed by atoms with Crippen LogP contribution in [0.4, 0.5) is 4.79 Å². The van der Waals surface area contributed by atoms with Crippen molar-refractivity contribution in [3.05, 3.63) is 88.8 Å². The van der Waals surface area contributed by atoms with Crippen LogP contribution in [0.25, 0.3) is 33.3 Å². The molecular formula is C27H23BrN4O2. The Morgan fingerprint density at radius 2 is 1.79 bits per heavy atom. The van der Waals surface area contributed by atoms with E-state index >= 15 is 0 Å². The molecular weight excluding hydrogens is 492 g/mol. The minimum Gasteiger partial charge on any atom is -0.443 e. The first kappa shape index (κ1) is 22.2. The Hall–Kier alpha value is -3.58. The van der Waals surface area contributed by atoms with Gasteiger partial charge in [-0.25, -0.2) is 24.3 Å². The summed E-state index contributed by atoms with van der Waals surface area (Å²) in [5, 5.41) is 0.908. The van der Waals surface area contributed by atoms with Crippen molar-refractivity contribution >= 4 is 44.0 Å². The van der Waals surface area contributed by atoms with Gasteiger partial charge in [0.25, 0.3) is 0 Å². The van der Waals surface area contributed by atoms with E-state index in [4.69, 9.17) is 9.72 Å². The van der Waals surface area contributed by atoms with E-state index in [1.54, 1.807) is 10.9 Å². The second-order valence-corrected chi connectivity index (χ2v) is 10.0. The Morgan fingerprint density at radius 1 is 1.00 bits per heavy atom. The van der Waals surface area contributed by atoms with E-state index in [-0.39, 0.29) is 0 Å². The number of halogens is 1. The molecule has 6 nitrogen and oxygen atoms in total. The lowest BCUT2D eigenvalue weighted by atomic mass is 10.1. The molecule has 0 amide bonds. The molecule has 3 aromatic heterocycles. The zero-order chi connectivity index (χ0) is 23.9. The highest BCUT2D eigenvalue weighted by Gasteiger charge is 2.24. The standard InChI is InChI=1S/C27H23BrN4O2/c1-27(2,3)34-26(33)32-23-12-9-19(28)14-18(23)15-24(32)20-10-11-21-25(31-20)22(30-16-29-21)13-17-7-5-4-6-8-17/h4-12,14-16H,13H2,1-3H3. The lowest BCUT2D eigenvalue weighted by Gasteiger charge is -2.21. The van der Waals surface area contributed by atoms with Crippen molar-refractivity contribution < 1.29 is 9.53 Å². The summed E-state index contributed by atoms with van der Waals surface area (Å²) >= 11 is 3.52. The molecule has 0 aliphatic rings. The molecule has 0 atom stereocenters. The van der Waals surface area contributed by atoms with E-state index in [2.05, 4.69) is 38.0 Å². The molecule has 0 saturated carbocycles. The van der Waals surface area contributed by atoms with Crippen molar-refractivity contribution in [2.45, 2.75) is 32.8 Å². The number of rotatable bonds is 3. The van der Waals surface area contributed by atoms with Gasteiger partial charge in [0.15, 0.2) is 0 Å². The molecule has 2 aromatic carbocycles. The van der Waals surface area contributed by atoms with Gasteiger partial charge in [-0.2, -0.15) is 0 Å². The van der Waals surface area contributed by atoms with Gasteiger partial charge in [0.05, 0.1) is 28.1 Å². The first-order valence-corrected chi connectivity index (χ1v) is 11.8. The molecule has 0 aliphatic carbocycles. The number of nitrogens with zero attached hydrogens (tertiary/aromatic N) is 4. The first-order valence-electron chi connectivity index (χ1n) is 11.0. The average Bonchev–Trinajstić information content (AvgIpc) is 3.17. The Morgan fingerprint density at radius 3 is 2.56 bits per heavy atom. The van der Waals surface area contributed by atoms with Crippen molar-refractivity contribution in [1.82, 2.24) is 19.5 Å².